The number of rotatable bonds is 3. The maximum Gasteiger partial charge on any atom is 0.318 e. The molecule has 0 unspecified atom stereocenters. The lowest BCUT2D eigenvalue weighted by molar-refractivity contribution is 0.178. The van der Waals surface area contributed by atoms with Gasteiger partial charge in [0.1, 0.15) is 11.6 Å². The number of nitrogens with one attached hydrogen (secondary N) is 1. The summed E-state index contributed by atoms with van der Waals surface area (Å²) in [4.78, 5) is 19.7. The van der Waals surface area contributed by atoms with Gasteiger partial charge in [-0.05, 0) is 61.4 Å². The zero-order chi connectivity index (χ0) is 20.5. The van der Waals surface area contributed by atoms with E-state index in [1.54, 1.807) is 0 Å². The monoisotopic (exact) mass is 403 g/mol. The van der Waals surface area contributed by atoms with Crippen LogP contribution in [0.4, 0.5) is 4.79 Å². The number of fused-ring (bicyclic) bond motifs is 1. The van der Waals surface area contributed by atoms with E-state index in [0.29, 0.717) is 11.9 Å². The van der Waals surface area contributed by atoms with Gasteiger partial charge >= 0.3 is 6.03 Å². The third kappa shape index (κ3) is 3.69. The number of carbonyl (C=O) groups excluding carboxylic acids is 1. The van der Waals surface area contributed by atoms with Gasteiger partial charge in [0.15, 0.2) is 5.58 Å². The van der Waals surface area contributed by atoms with Crippen LogP contribution >= 0.6 is 0 Å². The van der Waals surface area contributed by atoms with Crippen LogP contribution in [0.3, 0.4) is 0 Å². The first kappa shape index (κ1) is 19.2. The number of oxazole rings is 1. The van der Waals surface area contributed by atoms with E-state index in [-0.39, 0.29) is 12.1 Å². The molecule has 0 radical (unpaired) electrons. The van der Waals surface area contributed by atoms with Crippen LogP contribution in [0.25, 0.3) is 22.2 Å². The molecule has 1 aromatic heterocycles. The number of aromatic nitrogens is 1. The van der Waals surface area contributed by atoms with Crippen molar-refractivity contribution in [2.75, 3.05) is 6.54 Å². The molecule has 156 valence electrons. The molecule has 1 saturated heterocycles. The molecule has 0 spiro atoms. The minimum absolute atomic E-state index is 0.0345. The maximum atomic E-state index is 12.9. The summed E-state index contributed by atoms with van der Waals surface area (Å²) < 4.78 is 6.11. The van der Waals surface area contributed by atoms with Gasteiger partial charge in [-0.2, -0.15) is 0 Å². The van der Waals surface area contributed by atoms with E-state index in [0.717, 1.165) is 48.9 Å². The minimum atomic E-state index is -0.0806. The van der Waals surface area contributed by atoms with Crippen molar-refractivity contribution in [2.45, 2.75) is 64.0 Å². The van der Waals surface area contributed by atoms with Gasteiger partial charge in [0.05, 0.1) is 0 Å². The molecular formula is C25H29N3O2. The summed E-state index contributed by atoms with van der Waals surface area (Å²) in [5.41, 5.74) is 5.21. The van der Waals surface area contributed by atoms with Crippen molar-refractivity contribution in [3.63, 3.8) is 0 Å². The Kier molecular flexibility index (Phi) is 5.19. The highest BCUT2D eigenvalue weighted by Gasteiger charge is 2.34. The number of benzene rings is 2. The van der Waals surface area contributed by atoms with Crippen LogP contribution in [0.2, 0.25) is 0 Å². The van der Waals surface area contributed by atoms with E-state index in [1.807, 2.05) is 11.0 Å². The van der Waals surface area contributed by atoms with Gasteiger partial charge in [-0.1, -0.05) is 49.6 Å². The molecule has 5 rings (SSSR count). The Hall–Kier alpha value is -2.82. The maximum absolute atomic E-state index is 12.9. The van der Waals surface area contributed by atoms with Crippen LogP contribution < -0.4 is 5.32 Å². The lowest BCUT2D eigenvalue weighted by atomic mass is 9.96. The molecule has 2 aromatic carbocycles. The third-order valence-corrected chi connectivity index (χ3v) is 6.59. The summed E-state index contributed by atoms with van der Waals surface area (Å²) in [6.45, 7) is 2.88. The van der Waals surface area contributed by atoms with Gasteiger partial charge in [0.25, 0.3) is 0 Å². The SMILES string of the molecule is Cc1ccccc1-c1ccc2oc([C@H]3CCCN3C(=O)NC3CCCCC3)nc2c1. The van der Waals surface area contributed by atoms with E-state index >= 15 is 0 Å². The molecule has 2 aliphatic rings. The molecule has 2 amide bonds. The van der Waals surface area contributed by atoms with Crippen molar-refractivity contribution >= 4 is 17.1 Å². The number of nitrogens with zero attached hydrogens (tertiary/aromatic N) is 2. The Morgan fingerprint density at radius 3 is 2.73 bits per heavy atom. The van der Waals surface area contributed by atoms with E-state index in [2.05, 4.69) is 48.6 Å². The third-order valence-electron chi connectivity index (χ3n) is 6.59. The van der Waals surface area contributed by atoms with Crippen molar-refractivity contribution in [2.24, 2.45) is 0 Å². The number of hydrogen-bond acceptors (Lipinski definition) is 3. The van der Waals surface area contributed by atoms with Crippen molar-refractivity contribution in [1.29, 1.82) is 0 Å². The predicted octanol–water partition coefficient (Wildman–Crippen LogP) is 5.98. The largest absolute Gasteiger partial charge is 0.438 e. The number of amides is 2. The Labute approximate surface area is 177 Å². The predicted molar refractivity (Wildman–Crippen MR) is 118 cm³/mol. The Morgan fingerprint density at radius 1 is 1.07 bits per heavy atom. The van der Waals surface area contributed by atoms with E-state index in [9.17, 15) is 4.79 Å². The summed E-state index contributed by atoms with van der Waals surface area (Å²) in [5.74, 6) is 0.656. The van der Waals surface area contributed by atoms with Crippen LogP contribution in [0, 0.1) is 6.92 Å². The van der Waals surface area contributed by atoms with Crippen molar-refractivity contribution in [3.8, 4) is 11.1 Å². The molecule has 3 aromatic rings. The second kappa shape index (κ2) is 8.13. The highest BCUT2D eigenvalue weighted by Crippen LogP contribution is 2.35. The Morgan fingerprint density at radius 2 is 1.90 bits per heavy atom. The molecule has 0 bridgehead atoms. The van der Waals surface area contributed by atoms with Crippen molar-refractivity contribution in [1.82, 2.24) is 15.2 Å². The lowest BCUT2D eigenvalue weighted by Gasteiger charge is -2.28. The summed E-state index contributed by atoms with van der Waals surface area (Å²) >= 11 is 0. The quantitative estimate of drug-likeness (QED) is 0.585. The van der Waals surface area contributed by atoms with Gasteiger partial charge in [-0.3, -0.25) is 0 Å². The fourth-order valence-electron chi connectivity index (χ4n) is 4.92. The standard InChI is InChI=1S/C25H29N3O2/c1-17-8-5-6-11-20(17)18-13-14-23-21(16-18)27-24(30-23)22-12-7-15-28(22)25(29)26-19-9-3-2-4-10-19/h5-6,8,11,13-14,16,19,22H,2-4,7,9-10,12,15H2,1H3,(H,26,29)/t22-/m1/s1. The molecule has 2 fully saturated rings. The fraction of sp³-hybridized carbons (Fsp3) is 0.440. The first-order valence-corrected chi connectivity index (χ1v) is 11.2. The molecule has 30 heavy (non-hydrogen) atoms. The van der Waals surface area contributed by atoms with Crippen LogP contribution in [-0.4, -0.2) is 28.5 Å². The van der Waals surface area contributed by atoms with E-state index in [1.165, 1.54) is 30.4 Å². The molecule has 1 aliphatic carbocycles. The molecule has 5 nitrogen and oxygen atoms in total. The zero-order valence-corrected chi connectivity index (χ0v) is 17.6. The molecule has 1 atom stereocenters. The number of carbonyl (C=O) groups is 1. The zero-order valence-electron chi connectivity index (χ0n) is 17.6. The topological polar surface area (TPSA) is 58.4 Å². The van der Waals surface area contributed by atoms with Crippen LogP contribution in [0.5, 0.6) is 0 Å². The minimum Gasteiger partial charge on any atom is -0.438 e. The summed E-state index contributed by atoms with van der Waals surface area (Å²) in [6, 6.07) is 14.8. The fourth-order valence-corrected chi connectivity index (χ4v) is 4.92. The first-order chi connectivity index (χ1) is 14.7. The van der Waals surface area contributed by atoms with Gasteiger partial charge in [-0.25, -0.2) is 9.78 Å². The number of urea groups is 1. The van der Waals surface area contributed by atoms with Gasteiger partial charge in [0, 0.05) is 12.6 Å². The highest BCUT2D eigenvalue weighted by atomic mass is 16.4. The van der Waals surface area contributed by atoms with Gasteiger partial charge in [-0.15, -0.1) is 0 Å². The number of hydrogen-bond donors (Lipinski definition) is 1. The average molecular weight is 404 g/mol. The van der Waals surface area contributed by atoms with Gasteiger partial charge < -0.3 is 14.6 Å². The normalized spacial score (nSPS) is 20.0. The first-order valence-electron chi connectivity index (χ1n) is 11.2. The lowest BCUT2D eigenvalue weighted by Crippen LogP contribution is -2.45. The van der Waals surface area contributed by atoms with Crippen LogP contribution in [-0.2, 0) is 0 Å². The average Bonchev–Trinajstić information content (AvgIpc) is 3.41. The molecule has 2 heterocycles. The highest BCUT2D eigenvalue weighted by molar-refractivity contribution is 5.81. The molecular weight excluding hydrogens is 374 g/mol. The van der Waals surface area contributed by atoms with Crippen molar-refractivity contribution < 1.29 is 9.21 Å². The van der Waals surface area contributed by atoms with E-state index in [4.69, 9.17) is 9.40 Å². The molecule has 1 saturated carbocycles. The van der Waals surface area contributed by atoms with E-state index < -0.39 is 0 Å². The number of aryl methyl sites for hydroxylation is 1. The Bertz CT molecular complexity index is 1050. The van der Waals surface area contributed by atoms with Crippen molar-refractivity contribution in [3.05, 3.63) is 53.9 Å². The summed E-state index contributed by atoms with van der Waals surface area (Å²) in [6.07, 6.45) is 7.77. The molecule has 1 N–H and O–H groups in total. The summed E-state index contributed by atoms with van der Waals surface area (Å²) in [7, 11) is 0. The number of likely N-dealkylation sites (tertiary alicyclic amines) is 1. The van der Waals surface area contributed by atoms with Gasteiger partial charge in [0.2, 0.25) is 5.89 Å². The second-order valence-corrected chi connectivity index (χ2v) is 8.69. The summed E-state index contributed by atoms with van der Waals surface area (Å²) in [5, 5.41) is 3.25. The molecule has 1 aliphatic heterocycles. The van der Waals surface area contributed by atoms with Crippen LogP contribution in [0.1, 0.15) is 62.4 Å². The smallest absolute Gasteiger partial charge is 0.318 e. The molecule has 5 heteroatoms. The Balaban J connectivity index is 1.38. The van der Waals surface area contributed by atoms with Crippen LogP contribution in [0.15, 0.2) is 46.9 Å². The second-order valence-electron chi connectivity index (χ2n) is 8.69.